The minimum absolute atomic E-state index is 0.0253. The highest BCUT2D eigenvalue weighted by Gasteiger charge is 2.61. The van der Waals surface area contributed by atoms with Gasteiger partial charge in [0.2, 0.25) is 0 Å². The van der Waals surface area contributed by atoms with Gasteiger partial charge in [0.25, 0.3) is 11.0 Å². The van der Waals surface area contributed by atoms with Crippen molar-refractivity contribution in [2.24, 2.45) is 17.3 Å². The summed E-state index contributed by atoms with van der Waals surface area (Å²) in [5.41, 5.74) is 0.515. The standard InChI is InChI=1S/C20H24O5S/c1-3-20(22)9-7-16-14-5-4-12-10-13(21)11-17(25-26(23)24)18(12)15(14)6-8-19(16,20)2/h1,10-11,14-16,21-22,26H,4-9H2,2H3/t14-,15+,16+,19?,20+/m1/s1. The van der Waals surface area contributed by atoms with Gasteiger partial charge in [-0.15, -0.1) is 6.42 Å². The van der Waals surface area contributed by atoms with E-state index in [0.29, 0.717) is 18.3 Å². The van der Waals surface area contributed by atoms with Crippen LogP contribution in [0.3, 0.4) is 0 Å². The second-order valence-electron chi connectivity index (χ2n) is 8.25. The van der Waals surface area contributed by atoms with Crippen molar-refractivity contribution in [2.75, 3.05) is 0 Å². The molecular weight excluding hydrogens is 352 g/mol. The SMILES string of the molecule is C#C[C@]1(O)CC[C@H]2[C@@H]3CCc4cc(O)cc(O[SH](=O)=O)c4[C@H]3CCC21C. The van der Waals surface area contributed by atoms with Gasteiger partial charge >= 0.3 is 0 Å². The molecule has 0 bridgehead atoms. The lowest BCUT2D eigenvalue weighted by Gasteiger charge is -2.52. The predicted molar refractivity (Wildman–Crippen MR) is 97.4 cm³/mol. The molecule has 3 aliphatic rings. The molecule has 1 aromatic carbocycles. The Balaban J connectivity index is 1.77. The van der Waals surface area contributed by atoms with Gasteiger partial charge in [-0.2, -0.15) is 8.42 Å². The van der Waals surface area contributed by atoms with Crippen LogP contribution in [0.4, 0.5) is 0 Å². The van der Waals surface area contributed by atoms with Crippen molar-refractivity contribution >= 4 is 11.0 Å². The van der Waals surface area contributed by atoms with Gasteiger partial charge in [-0.1, -0.05) is 12.8 Å². The first-order valence-electron chi connectivity index (χ1n) is 9.17. The lowest BCUT2D eigenvalue weighted by Crippen LogP contribution is -2.50. The highest BCUT2D eigenvalue weighted by molar-refractivity contribution is 7.67. The number of thiol groups is 1. The van der Waals surface area contributed by atoms with E-state index in [4.69, 9.17) is 10.6 Å². The van der Waals surface area contributed by atoms with E-state index in [0.717, 1.165) is 43.2 Å². The Morgan fingerprint density at radius 3 is 2.73 bits per heavy atom. The largest absolute Gasteiger partial charge is 0.508 e. The molecule has 0 radical (unpaired) electrons. The van der Waals surface area contributed by atoms with Crippen LogP contribution in [0.15, 0.2) is 12.1 Å². The molecule has 0 saturated heterocycles. The van der Waals surface area contributed by atoms with Crippen molar-refractivity contribution in [1.29, 1.82) is 0 Å². The first kappa shape index (κ1) is 17.7. The van der Waals surface area contributed by atoms with Crippen molar-refractivity contribution in [1.82, 2.24) is 0 Å². The Kier molecular flexibility index (Phi) is 4.01. The van der Waals surface area contributed by atoms with Crippen LogP contribution < -0.4 is 4.18 Å². The summed E-state index contributed by atoms with van der Waals surface area (Å²) >= 11 is 0. The van der Waals surface area contributed by atoms with Crippen molar-refractivity contribution in [2.45, 2.75) is 57.0 Å². The highest BCUT2D eigenvalue weighted by atomic mass is 32.2. The summed E-state index contributed by atoms with van der Waals surface area (Å²) in [7, 11) is -3.05. The number of phenols is 1. The number of rotatable bonds is 2. The molecule has 0 amide bonds. The zero-order chi connectivity index (χ0) is 18.7. The molecule has 140 valence electrons. The van der Waals surface area contributed by atoms with E-state index in [1.54, 1.807) is 6.07 Å². The van der Waals surface area contributed by atoms with Crippen LogP contribution in [0, 0.1) is 29.6 Å². The van der Waals surface area contributed by atoms with Crippen LogP contribution >= 0.6 is 0 Å². The first-order valence-corrected chi connectivity index (χ1v) is 10.3. The first-order chi connectivity index (χ1) is 12.3. The zero-order valence-electron chi connectivity index (χ0n) is 14.8. The number of aryl methyl sites for hydroxylation is 1. The predicted octanol–water partition coefficient (Wildman–Crippen LogP) is 2.52. The number of terminal acetylenes is 1. The molecule has 2 fully saturated rings. The van der Waals surface area contributed by atoms with Crippen molar-refractivity contribution in [3.8, 4) is 23.8 Å². The van der Waals surface area contributed by atoms with E-state index < -0.39 is 16.6 Å². The molecule has 0 aromatic heterocycles. The fraction of sp³-hybridized carbons (Fsp3) is 0.600. The third-order valence-corrected chi connectivity index (χ3v) is 7.68. The maximum Gasteiger partial charge on any atom is 0.299 e. The monoisotopic (exact) mass is 376 g/mol. The average Bonchev–Trinajstić information content (AvgIpc) is 2.86. The summed E-state index contributed by atoms with van der Waals surface area (Å²) < 4.78 is 27.4. The highest BCUT2D eigenvalue weighted by Crippen LogP contribution is 2.64. The van der Waals surface area contributed by atoms with Gasteiger partial charge in [-0.25, -0.2) is 0 Å². The third kappa shape index (κ3) is 2.37. The minimum atomic E-state index is -3.05. The van der Waals surface area contributed by atoms with E-state index in [1.807, 2.05) is 0 Å². The van der Waals surface area contributed by atoms with E-state index in [2.05, 4.69) is 12.8 Å². The number of phenolic OH excluding ortho intramolecular Hbond substituents is 1. The van der Waals surface area contributed by atoms with Gasteiger partial charge < -0.3 is 14.4 Å². The van der Waals surface area contributed by atoms with Crippen LogP contribution in [-0.4, -0.2) is 24.2 Å². The molecule has 0 heterocycles. The van der Waals surface area contributed by atoms with Crippen LogP contribution in [0.1, 0.15) is 56.1 Å². The molecule has 3 aliphatic carbocycles. The summed E-state index contributed by atoms with van der Waals surface area (Å²) in [6.07, 6.45) is 10.5. The fourth-order valence-corrected chi connectivity index (χ4v) is 6.39. The molecule has 5 atom stereocenters. The van der Waals surface area contributed by atoms with Crippen molar-refractivity contribution in [3.05, 3.63) is 23.3 Å². The van der Waals surface area contributed by atoms with Gasteiger partial charge in [0.15, 0.2) is 0 Å². The Hall–Kier alpha value is -1.71. The van der Waals surface area contributed by atoms with Gasteiger partial charge in [0.05, 0.1) is 0 Å². The van der Waals surface area contributed by atoms with Crippen LogP contribution in [0.2, 0.25) is 0 Å². The molecule has 1 aromatic rings. The zero-order valence-corrected chi connectivity index (χ0v) is 15.7. The maximum atomic E-state index is 11.2. The number of aliphatic hydroxyl groups is 1. The number of hydrogen-bond acceptors (Lipinski definition) is 5. The molecule has 2 N–H and O–H groups in total. The number of aromatic hydroxyl groups is 1. The maximum absolute atomic E-state index is 11.2. The molecule has 2 saturated carbocycles. The summed E-state index contributed by atoms with van der Waals surface area (Å²) in [6, 6.07) is 3.11. The van der Waals surface area contributed by atoms with E-state index in [-0.39, 0.29) is 22.8 Å². The molecule has 5 nitrogen and oxygen atoms in total. The fourth-order valence-electron chi connectivity index (χ4n) is 6.08. The second-order valence-corrected chi connectivity index (χ2v) is 8.88. The van der Waals surface area contributed by atoms with E-state index in [1.165, 1.54) is 6.07 Å². The van der Waals surface area contributed by atoms with Gasteiger partial charge in [-0.05, 0) is 67.9 Å². The quantitative estimate of drug-likeness (QED) is 0.546. The smallest absolute Gasteiger partial charge is 0.299 e. The van der Waals surface area contributed by atoms with Gasteiger partial charge in [0, 0.05) is 17.0 Å². The summed E-state index contributed by atoms with van der Waals surface area (Å²) in [4.78, 5) is 0. The van der Waals surface area contributed by atoms with Gasteiger partial charge in [-0.3, -0.25) is 0 Å². The number of fused-ring (bicyclic) bond motifs is 5. The van der Waals surface area contributed by atoms with Crippen molar-refractivity contribution < 1.29 is 22.8 Å². The third-order valence-electron chi connectivity index (χ3n) is 7.33. The molecular formula is C20H24O5S. The van der Waals surface area contributed by atoms with Crippen molar-refractivity contribution in [3.63, 3.8) is 0 Å². The molecule has 0 spiro atoms. The Bertz CT molecular complexity index is 862. The summed E-state index contributed by atoms with van der Waals surface area (Å²) in [6.45, 7) is 2.11. The van der Waals surface area contributed by atoms with Crippen LogP contribution in [-0.2, 0) is 17.4 Å². The Morgan fingerprint density at radius 2 is 2.04 bits per heavy atom. The molecule has 1 unspecified atom stereocenters. The lowest BCUT2D eigenvalue weighted by molar-refractivity contribution is -0.0648. The molecule has 26 heavy (non-hydrogen) atoms. The number of benzene rings is 1. The van der Waals surface area contributed by atoms with Crippen LogP contribution in [0.5, 0.6) is 11.5 Å². The van der Waals surface area contributed by atoms with Crippen LogP contribution in [0.25, 0.3) is 0 Å². The second kappa shape index (κ2) is 5.90. The van der Waals surface area contributed by atoms with E-state index >= 15 is 0 Å². The minimum Gasteiger partial charge on any atom is -0.508 e. The topological polar surface area (TPSA) is 83.8 Å². The Labute approximate surface area is 155 Å². The average molecular weight is 376 g/mol. The summed E-state index contributed by atoms with van der Waals surface area (Å²) in [5, 5.41) is 20.9. The molecule has 0 aliphatic heterocycles. The Morgan fingerprint density at radius 1 is 1.27 bits per heavy atom. The summed E-state index contributed by atoms with van der Waals surface area (Å²) in [5.74, 6) is 3.74. The van der Waals surface area contributed by atoms with Gasteiger partial charge in [0.1, 0.15) is 17.1 Å². The molecule has 4 rings (SSSR count). The molecule has 6 heteroatoms. The van der Waals surface area contributed by atoms with E-state index in [9.17, 15) is 18.6 Å². The normalized spacial score (nSPS) is 38.2. The lowest BCUT2D eigenvalue weighted by atomic mass is 9.53. The number of hydrogen-bond donors (Lipinski definition) is 3.